The smallest absolute Gasteiger partial charge is 0.247 e. The van der Waals surface area contributed by atoms with Crippen molar-refractivity contribution >= 4 is 12.4 Å². The molecule has 0 aliphatic heterocycles. The van der Waals surface area contributed by atoms with Crippen molar-refractivity contribution in [3.63, 3.8) is 0 Å². The standard InChI is InChI=1S/C14H17N3O2.ClH/c1-18-11-6-4-5-10(9-11)12-16-13(19-17-12)14(15)7-2-3-8-14;/h4-6,9H,2-3,7-8,15H2,1H3;1H. The van der Waals surface area contributed by atoms with Gasteiger partial charge in [0.2, 0.25) is 11.7 Å². The summed E-state index contributed by atoms with van der Waals surface area (Å²) >= 11 is 0. The molecule has 2 N–H and O–H groups in total. The van der Waals surface area contributed by atoms with E-state index in [2.05, 4.69) is 10.1 Å². The van der Waals surface area contributed by atoms with Crippen LogP contribution in [0.1, 0.15) is 31.6 Å². The fraction of sp³-hybridized carbons (Fsp3) is 0.429. The van der Waals surface area contributed by atoms with Crippen LogP contribution in [0.5, 0.6) is 5.75 Å². The maximum absolute atomic E-state index is 6.31. The molecule has 1 fully saturated rings. The molecule has 0 unspecified atom stereocenters. The highest BCUT2D eigenvalue weighted by Crippen LogP contribution is 2.36. The Labute approximate surface area is 123 Å². The summed E-state index contributed by atoms with van der Waals surface area (Å²) in [6.45, 7) is 0. The van der Waals surface area contributed by atoms with Gasteiger partial charge in [-0.2, -0.15) is 4.98 Å². The van der Waals surface area contributed by atoms with Gasteiger partial charge in [-0.1, -0.05) is 30.1 Å². The maximum Gasteiger partial charge on any atom is 0.247 e. The van der Waals surface area contributed by atoms with Gasteiger partial charge in [0.15, 0.2) is 0 Å². The molecule has 20 heavy (non-hydrogen) atoms. The van der Waals surface area contributed by atoms with Gasteiger partial charge in [-0.25, -0.2) is 0 Å². The van der Waals surface area contributed by atoms with E-state index in [4.69, 9.17) is 15.0 Å². The van der Waals surface area contributed by atoms with Crippen LogP contribution in [0.25, 0.3) is 11.4 Å². The Hall–Kier alpha value is -1.59. The first-order chi connectivity index (χ1) is 9.21. The fourth-order valence-electron chi connectivity index (χ4n) is 2.52. The summed E-state index contributed by atoms with van der Waals surface area (Å²) in [6, 6.07) is 7.59. The Bertz CT molecular complexity index is 579. The van der Waals surface area contributed by atoms with Crippen molar-refractivity contribution < 1.29 is 9.26 Å². The number of methoxy groups -OCH3 is 1. The third-order valence-electron chi connectivity index (χ3n) is 3.68. The van der Waals surface area contributed by atoms with Crippen molar-refractivity contribution in [3.05, 3.63) is 30.2 Å². The van der Waals surface area contributed by atoms with E-state index >= 15 is 0 Å². The van der Waals surface area contributed by atoms with Crippen LogP contribution in [0.15, 0.2) is 28.8 Å². The number of rotatable bonds is 3. The van der Waals surface area contributed by atoms with Gasteiger partial charge in [0.05, 0.1) is 12.6 Å². The second-order valence-corrected chi connectivity index (χ2v) is 5.02. The Morgan fingerprint density at radius 1 is 1.30 bits per heavy atom. The second kappa shape index (κ2) is 5.81. The zero-order chi connectivity index (χ0) is 13.3. The van der Waals surface area contributed by atoms with Crippen LogP contribution in [-0.4, -0.2) is 17.3 Å². The third kappa shape index (κ3) is 2.64. The van der Waals surface area contributed by atoms with Gasteiger partial charge in [0.25, 0.3) is 0 Å². The van der Waals surface area contributed by atoms with Gasteiger partial charge < -0.3 is 15.0 Å². The summed E-state index contributed by atoms with van der Waals surface area (Å²) in [6.07, 6.45) is 4.06. The molecule has 0 saturated heterocycles. The van der Waals surface area contributed by atoms with Gasteiger partial charge in [0.1, 0.15) is 5.75 Å². The number of hydrogen-bond donors (Lipinski definition) is 1. The Morgan fingerprint density at radius 3 is 2.75 bits per heavy atom. The molecule has 0 spiro atoms. The lowest BCUT2D eigenvalue weighted by molar-refractivity contribution is 0.285. The van der Waals surface area contributed by atoms with Crippen molar-refractivity contribution in [1.29, 1.82) is 0 Å². The average Bonchev–Trinajstić information content (AvgIpc) is 3.08. The quantitative estimate of drug-likeness (QED) is 0.942. The summed E-state index contributed by atoms with van der Waals surface area (Å²) in [7, 11) is 1.63. The van der Waals surface area contributed by atoms with Crippen LogP contribution in [0, 0.1) is 0 Å². The van der Waals surface area contributed by atoms with E-state index in [9.17, 15) is 0 Å². The number of hydrogen-bond acceptors (Lipinski definition) is 5. The van der Waals surface area contributed by atoms with Crippen LogP contribution in [-0.2, 0) is 5.54 Å². The first-order valence-corrected chi connectivity index (χ1v) is 6.49. The molecule has 0 atom stereocenters. The minimum atomic E-state index is -0.440. The highest BCUT2D eigenvalue weighted by Gasteiger charge is 2.36. The van der Waals surface area contributed by atoms with E-state index in [1.54, 1.807) is 7.11 Å². The lowest BCUT2D eigenvalue weighted by atomic mass is 9.99. The lowest BCUT2D eigenvalue weighted by Gasteiger charge is -2.17. The van der Waals surface area contributed by atoms with Crippen LogP contribution in [0.2, 0.25) is 0 Å². The molecule has 3 rings (SSSR count). The Balaban J connectivity index is 0.00000147. The maximum atomic E-state index is 6.31. The van der Waals surface area contributed by atoms with Crippen LogP contribution in [0.4, 0.5) is 0 Å². The molecule has 108 valence electrons. The zero-order valence-corrected chi connectivity index (χ0v) is 12.2. The van der Waals surface area contributed by atoms with Crippen molar-refractivity contribution in [2.24, 2.45) is 5.73 Å². The SMILES string of the molecule is COc1cccc(-c2noc(C3(N)CCCC3)n2)c1.Cl. The van der Waals surface area contributed by atoms with Crippen LogP contribution >= 0.6 is 12.4 Å². The lowest BCUT2D eigenvalue weighted by Crippen LogP contribution is -2.33. The summed E-state index contributed by atoms with van der Waals surface area (Å²) < 4.78 is 10.5. The molecular weight excluding hydrogens is 278 g/mol. The largest absolute Gasteiger partial charge is 0.497 e. The second-order valence-electron chi connectivity index (χ2n) is 5.02. The third-order valence-corrected chi connectivity index (χ3v) is 3.68. The monoisotopic (exact) mass is 295 g/mol. The van der Waals surface area contributed by atoms with Gasteiger partial charge in [0, 0.05) is 5.56 Å². The van der Waals surface area contributed by atoms with E-state index in [0.717, 1.165) is 37.0 Å². The van der Waals surface area contributed by atoms with Crippen LogP contribution < -0.4 is 10.5 Å². The molecule has 1 aliphatic carbocycles. The number of aromatic nitrogens is 2. The summed E-state index contributed by atoms with van der Waals surface area (Å²) in [5, 5.41) is 4.03. The highest BCUT2D eigenvalue weighted by atomic mass is 35.5. The van der Waals surface area contributed by atoms with Gasteiger partial charge in [-0.05, 0) is 25.0 Å². The average molecular weight is 296 g/mol. The van der Waals surface area contributed by atoms with E-state index in [1.165, 1.54) is 0 Å². The van der Waals surface area contributed by atoms with Gasteiger partial charge in [-0.15, -0.1) is 12.4 Å². The first kappa shape index (κ1) is 14.8. The molecule has 1 aromatic carbocycles. The summed E-state index contributed by atoms with van der Waals surface area (Å²) in [5.74, 6) is 1.88. The molecule has 0 amide bonds. The molecule has 1 aromatic heterocycles. The van der Waals surface area contributed by atoms with E-state index in [1.807, 2.05) is 24.3 Å². The predicted molar refractivity (Wildman–Crippen MR) is 77.9 cm³/mol. The molecule has 2 aromatic rings. The molecule has 1 saturated carbocycles. The molecule has 1 heterocycles. The van der Waals surface area contributed by atoms with Crippen LogP contribution in [0.3, 0.4) is 0 Å². The van der Waals surface area contributed by atoms with Crippen molar-refractivity contribution in [3.8, 4) is 17.1 Å². The normalized spacial score (nSPS) is 16.7. The molecule has 5 nitrogen and oxygen atoms in total. The molecule has 1 aliphatic rings. The Kier molecular flexibility index (Phi) is 4.30. The number of ether oxygens (including phenoxy) is 1. The number of nitrogens with two attached hydrogens (primary N) is 1. The highest BCUT2D eigenvalue weighted by molar-refractivity contribution is 5.85. The minimum absolute atomic E-state index is 0. The predicted octanol–water partition coefficient (Wildman–Crippen LogP) is 2.90. The molecule has 6 heteroatoms. The number of halogens is 1. The summed E-state index contributed by atoms with van der Waals surface area (Å²) in [4.78, 5) is 4.45. The topological polar surface area (TPSA) is 74.2 Å². The van der Waals surface area contributed by atoms with Crippen molar-refractivity contribution in [2.45, 2.75) is 31.2 Å². The van der Waals surface area contributed by atoms with E-state index < -0.39 is 5.54 Å². The number of benzene rings is 1. The van der Waals surface area contributed by atoms with E-state index in [-0.39, 0.29) is 12.4 Å². The fourth-order valence-corrected chi connectivity index (χ4v) is 2.52. The molecular formula is C14H18ClN3O2. The first-order valence-electron chi connectivity index (χ1n) is 6.49. The summed E-state index contributed by atoms with van der Waals surface area (Å²) in [5.41, 5.74) is 6.74. The van der Waals surface area contributed by atoms with Crippen molar-refractivity contribution in [2.75, 3.05) is 7.11 Å². The Morgan fingerprint density at radius 2 is 2.05 bits per heavy atom. The minimum Gasteiger partial charge on any atom is -0.497 e. The number of nitrogens with zero attached hydrogens (tertiary/aromatic N) is 2. The molecule has 0 radical (unpaired) electrons. The van der Waals surface area contributed by atoms with Crippen molar-refractivity contribution in [1.82, 2.24) is 10.1 Å². The van der Waals surface area contributed by atoms with Gasteiger partial charge >= 0.3 is 0 Å². The molecule has 0 bridgehead atoms. The van der Waals surface area contributed by atoms with E-state index in [0.29, 0.717) is 11.7 Å². The van der Waals surface area contributed by atoms with Gasteiger partial charge in [-0.3, -0.25) is 0 Å². The zero-order valence-electron chi connectivity index (χ0n) is 11.3.